The summed E-state index contributed by atoms with van der Waals surface area (Å²) < 4.78 is 1.86. The molecule has 0 N–H and O–H groups in total. The van der Waals surface area contributed by atoms with Crippen LogP contribution in [0.5, 0.6) is 0 Å². The van der Waals surface area contributed by atoms with Gasteiger partial charge in [-0.2, -0.15) is 5.10 Å². The molecule has 1 fully saturated rings. The first-order valence-corrected chi connectivity index (χ1v) is 11.3. The summed E-state index contributed by atoms with van der Waals surface area (Å²) in [6.45, 7) is 10.4. The minimum atomic E-state index is 0.0394. The van der Waals surface area contributed by atoms with E-state index in [9.17, 15) is 4.79 Å². The topological polar surface area (TPSA) is 41.4 Å². The number of benzene rings is 2. The van der Waals surface area contributed by atoms with Gasteiger partial charge in [-0.1, -0.05) is 61.0 Å². The molecule has 1 saturated heterocycles. The molecule has 5 heteroatoms. The van der Waals surface area contributed by atoms with Gasteiger partial charge in [0.1, 0.15) is 5.69 Å². The number of nitrogens with zero attached hydrogens (tertiary/aromatic N) is 4. The Labute approximate surface area is 185 Å². The summed E-state index contributed by atoms with van der Waals surface area (Å²) in [5, 5.41) is 4.46. The zero-order chi connectivity index (χ0) is 21.8. The summed E-state index contributed by atoms with van der Waals surface area (Å²) >= 11 is 0. The van der Waals surface area contributed by atoms with Gasteiger partial charge in [0.25, 0.3) is 5.91 Å². The van der Waals surface area contributed by atoms with Gasteiger partial charge < -0.3 is 4.90 Å². The summed E-state index contributed by atoms with van der Waals surface area (Å²) in [4.78, 5) is 17.4. The summed E-state index contributed by atoms with van der Waals surface area (Å²) in [6.07, 6.45) is 2.91. The SMILES string of the molecule is CCCn1ccc(C(=O)N2CCN([C@@H](c3ccccc3)c3cc(C)ccc3C)CC2)n1. The molecule has 162 valence electrons. The van der Waals surface area contributed by atoms with Crippen LogP contribution in [-0.2, 0) is 6.54 Å². The van der Waals surface area contributed by atoms with E-state index < -0.39 is 0 Å². The fraction of sp³-hybridized carbons (Fsp3) is 0.385. The Morgan fingerprint density at radius 2 is 1.74 bits per heavy atom. The van der Waals surface area contributed by atoms with Gasteiger partial charge >= 0.3 is 0 Å². The molecule has 4 rings (SSSR count). The van der Waals surface area contributed by atoms with Gasteiger partial charge in [-0.3, -0.25) is 14.4 Å². The number of aryl methyl sites for hydroxylation is 3. The largest absolute Gasteiger partial charge is 0.335 e. The van der Waals surface area contributed by atoms with E-state index >= 15 is 0 Å². The first-order valence-electron chi connectivity index (χ1n) is 11.3. The first-order chi connectivity index (χ1) is 15.1. The molecule has 2 aromatic carbocycles. The van der Waals surface area contributed by atoms with E-state index in [1.54, 1.807) is 0 Å². The second-order valence-electron chi connectivity index (χ2n) is 8.47. The molecule has 0 bridgehead atoms. The molecule has 0 unspecified atom stereocenters. The van der Waals surface area contributed by atoms with Gasteiger partial charge in [-0.15, -0.1) is 0 Å². The highest BCUT2D eigenvalue weighted by molar-refractivity contribution is 5.92. The van der Waals surface area contributed by atoms with E-state index in [1.165, 1.54) is 22.3 Å². The van der Waals surface area contributed by atoms with Crippen molar-refractivity contribution < 1.29 is 4.79 Å². The zero-order valence-corrected chi connectivity index (χ0v) is 18.8. The lowest BCUT2D eigenvalue weighted by molar-refractivity contribution is 0.0590. The van der Waals surface area contributed by atoms with Crippen LogP contribution in [0.3, 0.4) is 0 Å². The van der Waals surface area contributed by atoms with E-state index in [-0.39, 0.29) is 11.9 Å². The smallest absolute Gasteiger partial charge is 0.274 e. The van der Waals surface area contributed by atoms with E-state index in [2.05, 4.69) is 79.3 Å². The lowest BCUT2D eigenvalue weighted by atomic mass is 9.92. The Hall–Kier alpha value is -2.92. The highest BCUT2D eigenvalue weighted by Gasteiger charge is 2.30. The Kier molecular flexibility index (Phi) is 6.52. The molecule has 5 nitrogen and oxygen atoms in total. The van der Waals surface area contributed by atoms with Crippen molar-refractivity contribution in [2.75, 3.05) is 26.2 Å². The zero-order valence-electron chi connectivity index (χ0n) is 18.8. The summed E-state index contributed by atoms with van der Waals surface area (Å²) in [5.74, 6) is 0.0394. The summed E-state index contributed by atoms with van der Waals surface area (Å²) in [7, 11) is 0. The van der Waals surface area contributed by atoms with Gasteiger partial charge in [0.05, 0.1) is 6.04 Å². The average Bonchev–Trinajstić information content (AvgIpc) is 3.26. The number of amides is 1. The monoisotopic (exact) mass is 416 g/mol. The van der Waals surface area contributed by atoms with Crippen molar-refractivity contribution >= 4 is 5.91 Å². The molecular formula is C26H32N4O. The van der Waals surface area contributed by atoms with E-state index in [1.807, 2.05) is 21.8 Å². The van der Waals surface area contributed by atoms with Crippen LogP contribution in [0.2, 0.25) is 0 Å². The lowest BCUT2D eigenvalue weighted by Crippen LogP contribution is -2.50. The molecule has 0 saturated carbocycles. The fourth-order valence-electron chi connectivity index (χ4n) is 4.45. The minimum absolute atomic E-state index is 0.0394. The van der Waals surface area contributed by atoms with E-state index in [0.29, 0.717) is 18.8 Å². The number of piperazine rings is 1. The normalized spacial score (nSPS) is 15.8. The number of rotatable bonds is 6. The maximum Gasteiger partial charge on any atom is 0.274 e. The van der Waals surface area contributed by atoms with Crippen molar-refractivity contribution in [1.82, 2.24) is 19.6 Å². The van der Waals surface area contributed by atoms with Crippen LogP contribution in [0.25, 0.3) is 0 Å². The van der Waals surface area contributed by atoms with Gasteiger partial charge in [-0.05, 0) is 43.0 Å². The van der Waals surface area contributed by atoms with Crippen LogP contribution in [0.1, 0.15) is 52.1 Å². The molecule has 2 heterocycles. The van der Waals surface area contributed by atoms with Gasteiger partial charge in [0.15, 0.2) is 0 Å². The number of aromatic nitrogens is 2. The van der Waals surface area contributed by atoms with Crippen LogP contribution in [0.15, 0.2) is 60.8 Å². The van der Waals surface area contributed by atoms with Crippen LogP contribution in [0.4, 0.5) is 0 Å². The third-order valence-corrected chi connectivity index (χ3v) is 6.12. The van der Waals surface area contributed by atoms with Gasteiger partial charge in [-0.25, -0.2) is 0 Å². The minimum Gasteiger partial charge on any atom is -0.335 e. The Morgan fingerprint density at radius 3 is 2.45 bits per heavy atom. The molecule has 1 aliphatic rings. The average molecular weight is 417 g/mol. The number of hydrogen-bond donors (Lipinski definition) is 0. The number of hydrogen-bond acceptors (Lipinski definition) is 3. The second kappa shape index (κ2) is 9.48. The number of carbonyl (C=O) groups excluding carboxylic acids is 1. The van der Waals surface area contributed by atoms with Crippen molar-refractivity contribution in [1.29, 1.82) is 0 Å². The quantitative estimate of drug-likeness (QED) is 0.596. The van der Waals surface area contributed by atoms with Crippen molar-refractivity contribution in [2.24, 2.45) is 0 Å². The third-order valence-electron chi connectivity index (χ3n) is 6.12. The molecular weight excluding hydrogens is 384 g/mol. The maximum atomic E-state index is 13.0. The standard InChI is InChI=1S/C26H32N4O/c1-4-13-30-14-12-24(27-30)26(31)29-17-15-28(16-18-29)25(22-8-6-5-7-9-22)23-19-20(2)10-11-21(23)3/h5-12,14,19,25H,4,13,15-18H2,1-3H3/t25-/m0/s1. The van der Waals surface area contributed by atoms with Crippen molar-refractivity contribution in [3.63, 3.8) is 0 Å². The summed E-state index contributed by atoms with van der Waals surface area (Å²) in [5.41, 5.74) is 5.78. The van der Waals surface area contributed by atoms with Crippen LogP contribution >= 0.6 is 0 Å². The Bertz CT molecular complexity index is 1020. The molecule has 31 heavy (non-hydrogen) atoms. The van der Waals surface area contributed by atoms with Crippen LogP contribution in [-0.4, -0.2) is 51.7 Å². The molecule has 0 radical (unpaired) electrons. The highest BCUT2D eigenvalue weighted by Crippen LogP contribution is 2.32. The molecule has 0 aliphatic carbocycles. The molecule has 1 atom stereocenters. The van der Waals surface area contributed by atoms with Crippen molar-refractivity contribution in [2.45, 2.75) is 39.8 Å². The van der Waals surface area contributed by atoms with Crippen molar-refractivity contribution in [3.8, 4) is 0 Å². The van der Waals surface area contributed by atoms with Crippen LogP contribution in [0, 0.1) is 13.8 Å². The number of carbonyl (C=O) groups is 1. The van der Waals surface area contributed by atoms with E-state index in [4.69, 9.17) is 0 Å². The molecule has 1 aliphatic heterocycles. The predicted octanol–water partition coefficient (Wildman–Crippen LogP) is 4.46. The first kappa shape index (κ1) is 21.3. The molecule has 0 spiro atoms. The highest BCUT2D eigenvalue weighted by atomic mass is 16.2. The van der Waals surface area contributed by atoms with Crippen molar-refractivity contribution in [3.05, 3.63) is 88.7 Å². The molecule has 3 aromatic rings. The predicted molar refractivity (Wildman–Crippen MR) is 124 cm³/mol. The Balaban J connectivity index is 1.52. The van der Waals surface area contributed by atoms with E-state index in [0.717, 1.165) is 26.1 Å². The fourth-order valence-corrected chi connectivity index (χ4v) is 4.45. The summed E-state index contributed by atoms with van der Waals surface area (Å²) in [6, 6.07) is 19.5. The third kappa shape index (κ3) is 4.72. The lowest BCUT2D eigenvalue weighted by Gasteiger charge is -2.40. The Morgan fingerprint density at radius 1 is 1.00 bits per heavy atom. The molecule has 1 aromatic heterocycles. The molecule has 1 amide bonds. The van der Waals surface area contributed by atoms with Gasteiger partial charge in [0, 0.05) is 38.9 Å². The van der Waals surface area contributed by atoms with Crippen LogP contribution < -0.4 is 0 Å². The van der Waals surface area contributed by atoms with Gasteiger partial charge in [0.2, 0.25) is 0 Å². The maximum absolute atomic E-state index is 13.0. The second-order valence-corrected chi connectivity index (χ2v) is 8.47.